The van der Waals surface area contributed by atoms with E-state index in [0.717, 1.165) is 75.6 Å². The van der Waals surface area contributed by atoms with E-state index < -0.39 is 10.8 Å². The van der Waals surface area contributed by atoms with E-state index in [2.05, 4.69) is 17.6 Å². The first-order valence-corrected chi connectivity index (χ1v) is 12.0. The van der Waals surface area contributed by atoms with Gasteiger partial charge >= 0.3 is 0 Å². The number of aryl methyl sites for hydroxylation is 1. The molecule has 1 aliphatic rings. The Morgan fingerprint density at radius 1 is 1.28 bits per heavy atom. The minimum absolute atomic E-state index is 0. The Hall–Kier alpha value is -0.900. The van der Waals surface area contributed by atoms with E-state index in [1.807, 2.05) is 24.5 Å². The number of unbranched alkanes of at least 4 members (excludes halogenated alkanes) is 1. The molecule has 1 aromatic rings. The van der Waals surface area contributed by atoms with Gasteiger partial charge in [-0.2, -0.15) is 0 Å². The molecule has 2 N–H and O–H groups in total. The number of hydrogen-bond donors (Lipinski definition) is 2. The zero-order chi connectivity index (χ0) is 20.4. The van der Waals surface area contributed by atoms with Crippen molar-refractivity contribution >= 4 is 40.7 Å². The summed E-state index contributed by atoms with van der Waals surface area (Å²) in [5, 5.41) is 7.18. The molecule has 29 heavy (non-hydrogen) atoms. The van der Waals surface area contributed by atoms with Crippen molar-refractivity contribution < 1.29 is 4.21 Å². The van der Waals surface area contributed by atoms with Crippen molar-refractivity contribution in [3.63, 3.8) is 0 Å². The van der Waals surface area contributed by atoms with E-state index >= 15 is 0 Å². The molecule has 6 nitrogen and oxygen atoms in total. The lowest BCUT2D eigenvalue weighted by molar-refractivity contribution is 0.413. The van der Waals surface area contributed by atoms with Crippen LogP contribution < -0.4 is 16.2 Å². The number of hydrogen-bond acceptors (Lipinski definition) is 3. The summed E-state index contributed by atoms with van der Waals surface area (Å²) in [6.45, 7) is 8.32. The molecule has 1 saturated carbocycles. The molecule has 0 aliphatic heterocycles. The molecule has 0 amide bonds. The summed E-state index contributed by atoms with van der Waals surface area (Å²) in [5.74, 6) is 1.60. The molecular formula is C21H37IN4O2S. The van der Waals surface area contributed by atoms with Gasteiger partial charge in [0.25, 0.3) is 5.56 Å². The first-order chi connectivity index (χ1) is 13.5. The molecule has 2 rings (SSSR count). The molecule has 0 aromatic carbocycles. The maximum absolute atomic E-state index is 12.1. The Kier molecular flexibility index (Phi) is 12.8. The third-order valence-corrected chi connectivity index (χ3v) is 7.04. The van der Waals surface area contributed by atoms with Crippen LogP contribution in [0.2, 0.25) is 0 Å². The van der Waals surface area contributed by atoms with Gasteiger partial charge in [0.1, 0.15) is 0 Å². The lowest BCUT2D eigenvalue weighted by Gasteiger charge is -2.30. The molecule has 0 radical (unpaired) electrons. The van der Waals surface area contributed by atoms with Crippen LogP contribution in [0.5, 0.6) is 0 Å². The highest BCUT2D eigenvalue weighted by atomic mass is 127. The smallest absolute Gasteiger partial charge is 0.250 e. The fourth-order valence-corrected chi connectivity index (χ4v) is 5.09. The van der Waals surface area contributed by atoms with Crippen molar-refractivity contribution in [1.29, 1.82) is 0 Å². The van der Waals surface area contributed by atoms with Crippen LogP contribution in [0.15, 0.2) is 28.0 Å². The summed E-state index contributed by atoms with van der Waals surface area (Å²) >= 11 is 0. The average Bonchev–Trinajstić information content (AvgIpc) is 2.69. The van der Waals surface area contributed by atoms with Gasteiger partial charge in [0.15, 0.2) is 5.96 Å². The Labute approximate surface area is 194 Å². The van der Waals surface area contributed by atoms with Gasteiger partial charge < -0.3 is 15.2 Å². The van der Waals surface area contributed by atoms with Crippen molar-refractivity contribution in [3.05, 3.63) is 34.2 Å². The second-order valence-electron chi connectivity index (χ2n) is 7.42. The number of pyridine rings is 1. The lowest BCUT2D eigenvalue weighted by Crippen LogP contribution is -2.46. The molecule has 0 bridgehead atoms. The van der Waals surface area contributed by atoms with Crippen LogP contribution in [-0.2, 0) is 17.3 Å². The van der Waals surface area contributed by atoms with Crippen LogP contribution in [0.1, 0.15) is 58.1 Å². The largest absolute Gasteiger partial charge is 0.357 e. The highest BCUT2D eigenvalue weighted by Crippen LogP contribution is 2.22. The Morgan fingerprint density at radius 3 is 2.76 bits per heavy atom. The van der Waals surface area contributed by atoms with Crippen LogP contribution in [0.3, 0.4) is 0 Å². The summed E-state index contributed by atoms with van der Waals surface area (Å²) in [5.41, 5.74) is 1.07. The molecule has 3 atom stereocenters. The van der Waals surface area contributed by atoms with Crippen LogP contribution >= 0.6 is 24.0 Å². The highest BCUT2D eigenvalue weighted by molar-refractivity contribution is 14.0. The van der Waals surface area contributed by atoms with E-state index in [-0.39, 0.29) is 29.5 Å². The second-order valence-corrected chi connectivity index (χ2v) is 9.43. The molecule has 0 saturated heterocycles. The van der Waals surface area contributed by atoms with Crippen molar-refractivity contribution in [1.82, 2.24) is 15.2 Å². The van der Waals surface area contributed by atoms with E-state index in [4.69, 9.17) is 4.99 Å². The normalized spacial score (nSPS) is 20.6. The molecule has 0 spiro atoms. The van der Waals surface area contributed by atoms with Gasteiger partial charge in [-0.25, -0.2) is 0 Å². The topological polar surface area (TPSA) is 75.5 Å². The number of rotatable bonds is 9. The van der Waals surface area contributed by atoms with Crippen molar-refractivity contribution in [2.75, 3.05) is 18.8 Å². The molecule has 1 aromatic heterocycles. The van der Waals surface area contributed by atoms with Crippen LogP contribution in [0.4, 0.5) is 0 Å². The standard InChI is InChI=1S/C21H36N4O2S.HI/c1-4-22-21(24-18-11-9-12-19(16-18)28(27)5-2)23-14-6-7-15-25-17(3)10-8-13-20(25)26;/h8,10,13,18-19H,4-7,9,11-12,14-16H2,1-3H3,(H2,22,23,24);1H. The third-order valence-electron chi connectivity index (χ3n) is 5.30. The van der Waals surface area contributed by atoms with Gasteiger partial charge in [-0.1, -0.05) is 19.4 Å². The number of halogens is 1. The van der Waals surface area contributed by atoms with E-state index in [0.29, 0.717) is 11.3 Å². The lowest BCUT2D eigenvalue weighted by atomic mass is 9.95. The predicted molar refractivity (Wildman–Crippen MR) is 134 cm³/mol. The molecule has 1 heterocycles. The van der Waals surface area contributed by atoms with E-state index in [9.17, 15) is 9.00 Å². The summed E-state index contributed by atoms with van der Waals surface area (Å²) in [4.78, 5) is 16.6. The molecule has 8 heteroatoms. The first-order valence-electron chi connectivity index (χ1n) is 10.6. The zero-order valence-electron chi connectivity index (χ0n) is 18.0. The van der Waals surface area contributed by atoms with Gasteiger partial charge in [-0.3, -0.25) is 14.0 Å². The number of aromatic nitrogens is 1. The van der Waals surface area contributed by atoms with Gasteiger partial charge in [0, 0.05) is 59.2 Å². The average molecular weight is 537 g/mol. The summed E-state index contributed by atoms with van der Waals surface area (Å²) in [6.07, 6.45) is 6.13. The summed E-state index contributed by atoms with van der Waals surface area (Å²) in [6, 6.07) is 5.73. The Morgan fingerprint density at radius 2 is 2.07 bits per heavy atom. The second kappa shape index (κ2) is 14.2. The van der Waals surface area contributed by atoms with Crippen molar-refractivity contribution in [2.45, 2.75) is 77.1 Å². The van der Waals surface area contributed by atoms with E-state index in [1.165, 1.54) is 0 Å². The predicted octanol–water partition coefficient (Wildman–Crippen LogP) is 3.19. The monoisotopic (exact) mass is 536 g/mol. The SMILES string of the molecule is CCNC(=NCCCCn1c(C)cccc1=O)NC1CCCC(S(=O)CC)C1.I. The maximum Gasteiger partial charge on any atom is 0.250 e. The van der Waals surface area contributed by atoms with Gasteiger partial charge in [-0.05, 0) is 52.0 Å². The molecular weight excluding hydrogens is 499 g/mol. The number of nitrogens with one attached hydrogen (secondary N) is 2. The van der Waals surface area contributed by atoms with E-state index in [1.54, 1.807) is 12.1 Å². The number of aliphatic imine (C=N–C) groups is 1. The molecule has 1 fully saturated rings. The Bertz CT molecular complexity index is 723. The third kappa shape index (κ3) is 8.78. The van der Waals surface area contributed by atoms with Crippen LogP contribution in [0, 0.1) is 6.92 Å². The number of nitrogens with zero attached hydrogens (tertiary/aromatic N) is 2. The van der Waals surface area contributed by atoms with Crippen LogP contribution in [-0.4, -0.2) is 44.9 Å². The molecule has 1 aliphatic carbocycles. The van der Waals surface area contributed by atoms with Crippen molar-refractivity contribution in [3.8, 4) is 0 Å². The maximum atomic E-state index is 12.1. The summed E-state index contributed by atoms with van der Waals surface area (Å²) < 4.78 is 14.0. The Balaban J connectivity index is 0.00000420. The first kappa shape index (κ1) is 26.1. The molecule has 166 valence electrons. The zero-order valence-corrected chi connectivity index (χ0v) is 21.1. The minimum atomic E-state index is -0.711. The minimum Gasteiger partial charge on any atom is -0.357 e. The van der Waals surface area contributed by atoms with Gasteiger partial charge in [-0.15, -0.1) is 24.0 Å². The fourth-order valence-electron chi connectivity index (χ4n) is 3.75. The van der Waals surface area contributed by atoms with Crippen LogP contribution in [0.25, 0.3) is 0 Å². The van der Waals surface area contributed by atoms with Gasteiger partial charge in [0.05, 0.1) is 0 Å². The summed E-state index contributed by atoms with van der Waals surface area (Å²) in [7, 11) is -0.711. The quantitative estimate of drug-likeness (QED) is 0.220. The fraction of sp³-hybridized carbons (Fsp3) is 0.714. The van der Waals surface area contributed by atoms with Crippen molar-refractivity contribution in [2.24, 2.45) is 4.99 Å². The number of guanidine groups is 1. The highest BCUT2D eigenvalue weighted by Gasteiger charge is 2.25. The van der Waals surface area contributed by atoms with Gasteiger partial charge in [0.2, 0.25) is 0 Å². The molecule has 3 unspecified atom stereocenters.